The molecule has 4 heteroatoms. The molecule has 1 N–H and O–H groups in total. The second kappa shape index (κ2) is 5.80. The van der Waals surface area contributed by atoms with Gasteiger partial charge in [-0.05, 0) is 44.4 Å². The molecular weight excluding hydrogens is 262 g/mol. The Bertz CT molecular complexity index is 601. The maximum atomic E-state index is 5.71. The van der Waals surface area contributed by atoms with Crippen molar-refractivity contribution in [2.24, 2.45) is 0 Å². The zero-order chi connectivity index (χ0) is 14.8. The van der Waals surface area contributed by atoms with Crippen LogP contribution in [-0.4, -0.2) is 22.4 Å². The Morgan fingerprint density at radius 2 is 2.10 bits per heavy atom. The molecule has 4 nitrogen and oxygen atoms in total. The number of nitrogens with one attached hydrogen (secondary N) is 1. The third-order valence-electron chi connectivity index (χ3n) is 3.80. The van der Waals surface area contributed by atoms with Crippen LogP contribution in [0.1, 0.15) is 44.5 Å². The Balaban J connectivity index is 1.86. The van der Waals surface area contributed by atoms with E-state index in [1.807, 2.05) is 13.8 Å². The number of benzene rings is 1. The summed E-state index contributed by atoms with van der Waals surface area (Å²) >= 11 is 0. The summed E-state index contributed by atoms with van der Waals surface area (Å²) in [6.45, 7) is 7.22. The summed E-state index contributed by atoms with van der Waals surface area (Å²) in [5, 5.41) is 8.15. The molecule has 0 aliphatic carbocycles. The van der Waals surface area contributed by atoms with Gasteiger partial charge in [-0.15, -0.1) is 0 Å². The lowest BCUT2D eigenvalue weighted by atomic mass is 10.0. The van der Waals surface area contributed by atoms with Gasteiger partial charge in [0, 0.05) is 12.6 Å². The monoisotopic (exact) mass is 285 g/mol. The Morgan fingerprint density at radius 1 is 1.33 bits per heavy atom. The van der Waals surface area contributed by atoms with E-state index < -0.39 is 0 Å². The molecule has 0 bridgehead atoms. The Hall–Kier alpha value is -1.97. The van der Waals surface area contributed by atoms with E-state index in [0.717, 1.165) is 36.6 Å². The van der Waals surface area contributed by atoms with Gasteiger partial charge >= 0.3 is 0 Å². The smallest absolute Gasteiger partial charge is 0.125 e. The Labute approximate surface area is 126 Å². The minimum absolute atomic E-state index is 0.208. The molecule has 1 unspecified atom stereocenters. The number of aryl methyl sites for hydroxylation is 1. The first-order chi connectivity index (χ1) is 10.2. The number of nitrogens with zero attached hydrogens (tertiary/aromatic N) is 2. The molecule has 1 atom stereocenters. The van der Waals surface area contributed by atoms with Crippen molar-refractivity contribution in [1.29, 1.82) is 0 Å². The van der Waals surface area contributed by atoms with E-state index in [9.17, 15) is 0 Å². The van der Waals surface area contributed by atoms with Crippen LogP contribution in [0, 0.1) is 0 Å². The van der Waals surface area contributed by atoms with Crippen molar-refractivity contribution in [1.82, 2.24) is 9.78 Å². The Morgan fingerprint density at radius 3 is 2.76 bits per heavy atom. The molecule has 3 rings (SSSR count). The minimum Gasteiger partial charge on any atom is -0.491 e. The largest absolute Gasteiger partial charge is 0.491 e. The molecule has 0 radical (unpaired) electrons. The summed E-state index contributed by atoms with van der Waals surface area (Å²) in [5.41, 5.74) is 2.43. The van der Waals surface area contributed by atoms with E-state index in [1.54, 1.807) is 0 Å². The SMILES string of the molecule is CCc1cc2n(n1)C(c1ccc(OC(C)C)cc1)CCN2. The van der Waals surface area contributed by atoms with Crippen molar-refractivity contribution in [2.45, 2.75) is 45.8 Å². The van der Waals surface area contributed by atoms with E-state index in [0.29, 0.717) is 6.04 Å². The van der Waals surface area contributed by atoms with E-state index in [1.165, 1.54) is 5.56 Å². The number of fused-ring (bicyclic) bond motifs is 1. The van der Waals surface area contributed by atoms with Gasteiger partial charge in [0.2, 0.25) is 0 Å². The fourth-order valence-corrected chi connectivity index (χ4v) is 2.80. The highest BCUT2D eigenvalue weighted by molar-refractivity contribution is 5.42. The van der Waals surface area contributed by atoms with Crippen molar-refractivity contribution < 1.29 is 4.74 Å². The molecule has 0 saturated heterocycles. The van der Waals surface area contributed by atoms with Gasteiger partial charge in [-0.1, -0.05) is 19.1 Å². The van der Waals surface area contributed by atoms with Gasteiger partial charge in [-0.2, -0.15) is 5.10 Å². The average Bonchev–Trinajstić information content (AvgIpc) is 2.90. The fraction of sp³-hybridized carbons (Fsp3) is 0.471. The number of rotatable bonds is 4. The van der Waals surface area contributed by atoms with Crippen molar-refractivity contribution in [3.63, 3.8) is 0 Å². The third-order valence-corrected chi connectivity index (χ3v) is 3.80. The van der Waals surface area contributed by atoms with Gasteiger partial charge in [0.05, 0.1) is 17.8 Å². The predicted octanol–water partition coefficient (Wildman–Crippen LogP) is 3.64. The first-order valence-corrected chi connectivity index (χ1v) is 7.76. The normalized spacial score (nSPS) is 17.4. The van der Waals surface area contributed by atoms with Crippen molar-refractivity contribution >= 4 is 5.82 Å². The van der Waals surface area contributed by atoms with Crippen LogP contribution >= 0.6 is 0 Å². The molecule has 21 heavy (non-hydrogen) atoms. The van der Waals surface area contributed by atoms with Gasteiger partial charge in [0.15, 0.2) is 0 Å². The van der Waals surface area contributed by atoms with Crippen LogP contribution in [0.25, 0.3) is 0 Å². The molecule has 2 heterocycles. The maximum absolute atomic E-state index is 5.71. The van der Waals surface area contributed by atoms with Crippen LogP contribution in [0.5, 0.6) is 5.75 Å². The molecule has 1 aromatic carbocycles. The van der Waals surface area contributed by atoms with Gasteiger partial charge in [-0.3, -0.25) is 0 Å². The highest BCUT2D eigenvalue weighted by Crippen LogP contribution is 2.31. The van der Waals surface area contributed by atoms with Gasteiger partial charge < -0.3 is 10.1 Å². The van der Waals surface area contributed by atoms with E-state index in [4.69, 9.17) is 9.84 Å². The zero-order valence-corrected chi connectivity index (χ0v) is 13.0. The van der Waals surface area contributed by atoms with Gasteiger partial charge in [0.1, 0.15) is 11.6 Å². The lowest BCUT2D eigenvalue weighted by molar-refractivity contribution is 0.242. The summed E-state index contributed by atoms with van der Waals surface area (Å²) in [5.74, 6) is 2.06. The number of aromatic nitrogens is 2. The van der Waals surface area contributed by atoms with Gasteiger partial charge in [-0.25, -0.2) is 4.68 Å². The van der Waals surface area contributed by atoms with Crippen LogP contribution in [0.2, 0.25) is 0 Å². The van der Waals surface area contributed by atoms with E-state index >= 15 is 0 Å². The van der Waals surface area contributed by atoms with Crippen LogP contribution < -0.4 is 10.1 Å². The summed E-state index contributed by atoms with van der Waals surface area (Å²) < 4.78 is 7.84. The number of hydrogen-bond donors (Lipinski definition) is 1. The molecule has 1 aromatic heterocycles. The first-order valence-electron chi connectivity index (χ1n) is 7.76. The predicted molar refractivity (Wildman–Crippen MR) is 85.1 cm³/mol. The lowest BCUT2D eigenvalue weighted by Gasteiger charge is -2.26. The molecule has 0 spiro atoms. The van der Waals surface area contributed by atoms with Crippen molar-refractivity contribution in [3.8, 4) is 5.75 Å². The van der Waals surface area contributed by atoms with Crippen molar-refractivity contribution in [2.75, 3.05) is 11.9 Å². The quantitative estimate of drug-likeness (QED) is 0.932. The average molecular weight is 285 g/mol. The molecule has 0 fully saturated rings. The number of ether oxygens (including phenoxy) is 1. The summed E-state index contributed by atoms with van der Waals surface area (Å²) in [6.07, 6.45) is 2.23. The zero-order valence-electron chi connectivity index (χ0n) is 13.0. The molecule has 0 amide bonds. The van der Waals surface area contributed by atoms with Crippen LogP contribution in [0.3, 0.4) is 0 Å². The van der Waals surface area contributed by atoms with Crippen LogP contribution in [0.4, 0.5) is 5.82 Å². The standard InChI is InChI=1S/C17H23N3O/c1-4-14-11-17-18-10-9-16(20(17)19-14)13-5-7-15(8-6-13)21-12(2)3/h5-8,11-12,16,18H,4,9-10H2,1-3H3. The Kier molecular flexibility index (Phi) is 3.86. The second-order valence-electron chi connectivity index (χ2n) is 5.79. The molecule has 2 aromatic rings. The maximum Gasteiger partial charge on any atom is 0.125 e. The summed E-state index contributed by atoms with van der Waals surface area (Å²) in [4.78, 5) is 0. The second-order valence-corrected chi connectivity index (χ2v) is 5.79. The molecular formula is C17H23N3O. The first kappa shape index (κ1) is 14.0. The van der Waals surface area contributed by atoms with Crippen LogP contribution in [0.15, 0.2) is 30.3 Å². The number of hydrogen-bond acceptors (Lipinski definition) is 3. The van der Waals surface area contributed by atoms with E-state index in [2.05, 4.69) is 47.3 Å². The topological polar surface area (TPSA) is 39.1 Å². The molecule has 112 valence electrons. The summed E-state index contributed by atoms with van der Waals surface area (Å²) in [7, 11) is 0. The third kappa shape index (κ3) is 2.89. The molecule has 1 aliphatic rings. The highest BCUT2D eigenvalue weighted by Gasteiger charge is 2.22. The van der Waals surface area contributed by atoms with Crippen LogP contribution in [-0.2, 0) is 6.42 Å². The van der Waals surface area contributed by atoms with Gasteiger partial charge in [0.25, 0.3) is 0 Å². The minimum atomic E-state index is 0.208. The molecule has 0 saturated carbocycles. The lowest BCUT2D eigenvalue weighted by Crippen LogP contribution is -2.24. The molecule has 1 aliphatic heterocycles. The van der Waals surface area contributed by atoms with E-state index in [-0.39, 0.29) is 6.10 Å². The highest BCUT2D eigenvalue weighted by atomic mass is 16.5. The number of anilines is 1. The van der Waals surface area contributed by atoms with Crippen molar-refractivity contribution in [3.05, 3.63) is 41.6 Å². The fourth-order valence-electron chi connectivity index (χ4n) is 2.80. The summed E-state index contributed by atoms with van der Waals surface area (Å²) in [6, 6.07) is 10.9.